The maximum absolute atomic E-state index is 10.6. The van der Waals surface area contributed by atoms with Crippen molar-refractivity contribution in [2.75, 3.05) is 11.5 Å². The van der Waals surface area contributed by atoms with Gasteiger partial charge in [-0.2, -0.15) is 23.5 Å². The van der Waals surface area contributed by atoms with Crippen LogP contribution in [0.25, 0.3) is 0 Å². The van der Waals surface area contributed by atoms with E-state index < -0.39 is 5.97 Å². The molecule has 1 N–H and O–H groups in total. The number of fused-ring (bicyclic) bond motifs is 2. The van der Waals surface area contributed by atoms with E-state index in [1.807, 2.05) is 0 Å². The summed E-state index contributed by atoms with van der Waals surface area (Å²) in [5.74, 6) is 4.44. The van der Waals surface area contributed by atoms with Crippen LogP contribution in [0.3, 0.4) is 0 Å². The van der Waals surface area contributed by atoms with Gasteiger partial charge in [0.25, 0.3) is 0 Å². The van der Waals surface area contributed by atoms with E-state index in [0.29, 0.717) is 6.42 Å². The van der Waals surface area contributed by atoms with Gasteiger partial charge in [-0.25, -0.2) is 0 Å². The second-order valence-electron chi connectivity index (χ2n) is 9.15. The molecule has 3 fully saturated rings. The average molecular weight is 437 g/mol. The van der Waals surface area contributed by atoms with Gasteiger partial charge in [-0.15, -0.1) is 0 Å². The molecular formula is C25H40O2S2. The molecule has 0 amide bonds. The SMILES string of the molecule is O=C(O)CCCC=CC[C@@H]1[C@H](CCSCC=CC2CCCCCC2)[C@@H]2CC[C@H]1S2. The fraction of sp³-hybridized carbons (Fsp3) is 0.800. The highest BCUT2D eigenvalue weighted by molar-refractivity contribution is 8.01. The van der Waals surface area contributed by atoms with E-state index in [1.54, 1.807) is 0 Å². The lowest BCUT2D eigenvalue weighted by Crippen LogP contribution is -2.27. The average Bonchev–Trinajstić information content (AvgIpc) is 3.20. The third kappa shape index (κ3) is 8.01. The van der Waals surface area contributed by atoms with Crippen LogP contribution in [0.15, 0.2) is 24.3 Å². The molecule has 2 bridgehead atoms. The zero-order valence-electron chi connectivity index (χ0n) is 18.0. The third-order valence-electron chi connectivity index (χ3n) is 7.04. The van der Waals surface area contributed by atoms with Crippen molar-refractivity contribution in [3.05, 3.63) is 24.3 Å². The number of hydrogen-bond donors (Lipinski definition) is 1. The smallest absolute Gasteiger partial charge is 0.303 e. The van der Waals surface area contributed by atoms with Crippen molar-refractivity contribution in [2.45, 2.75) is 94.0 Å². The van der Waals surface area contributed by atoms with E-state index >= 15 is 0 Å². The summed E-state index contributed by atoms with van der Waals surface area (Å²) in [7, 11) is 0. The van der Waals surface area contributed by atoms with E-state index in [4.69, 9.17) is 5.11 Å². The van der Waals surface area contributed by atoms with E-state index in [9.17, 15) is 4.79 Å². The molecule has 3 rings (SSSR count). The van der Waals surface area contributed by atoms with Gasteiger partial charge < -0.3 is 5.11 Å². The topological polar surface area (TPSA) is 37.3 Å². The van der Waals surface area contributed by atoms with Crippen LogP contribution in [0.2, 0.25) is 0 Å². The van der Waals surface area contributed by atoms with E-state index in [-0.39, 0.29) is 0 Å². The molecule has 2 nitrogen and oxygen atoms in total. The van der Waals surface area contributed by atoms with Crippen molar-refractivity contribution in [2.24, 2.45) is 17.8 Å². The highest BCUT2D eigenvalue weighted by Crippen LogP contribution is 2.55. The van der Waals surface area contributed by atoms with Gasteiger partial charge >= 0.3 is 5.97 Å². The minimum atomic E-state index is -0.676. The summed E-state index contributed by atoms with van der Waals surface area (Å²) in [5, 5.41) is 10.5. The Balaban J connectivity index is 1.32. The van der Waals surface area contributed by atoms with Crippen molar-refractivity contribution < 1.29 is 9.90 Å². The maximum atomic E-state index is 10.6. The van der Waals surface area contributed by atoms with Gasteiger partial charge in [-0.1, -0.05) is 50.0 Å². The molecule has 4 atom stereocenters. The number of aliphatic carboxylic acids is 1. The Morgan fingerprint density at radius 3 is 2.48 bits per heavy atom. The Morgan fingerprint density at radius 1 is 0.966 bits per heavy atom. The molecule has 0 spiro atoms. The predicted octanol–water partition coefficient (Wildman–Crippen LogP) is 7.35. The van der Waals surface area contributed by atoms with E-state index in [2.05, 4.69) is 47.8 Å². The number of rotatable bonds is 12. The number of thioether (sulfide) groups is 2. The molecule has 1 aliphatic carbocycles. The Morgan fingerprint density at radius 2 is 1.72 bits per heavy atom. The molecule has 0 aromatic heterocycles. The van der Waals surface area contributed by atoms with Crippen molar-refractivity contribution in [1.82, 2.24) is 0 Å². The maximum Gasteiger partial charge on any atom is 0.303 e. The highest BCUT2D eigenvalue weighted by Gasteiger charge is 2.46. The Bertz CT molecular complexity index is 537. The lowest BCUT2D eigenvalue weighted by atomic mass is 9.76. The molecule has 164 valence electrons. The zero-order chi connectivity index (χ0) is 20.3. The molecule has 0 unspecified atom stereocenters. The van der Waals surface area contributed by atoms with Gasteiger partial charge in [-0.3, -0.25) is 4.79 Å². The summed E-state index contributed by atoms with van der Waals surface area (Å²) >= 11 is 4.41. The van der Waals surface area contributed by atoms with Crippen LogP contribution in [-0.2, 0) is 4.79 Å². The second-order valence-corrected chi connectivity index (χ2v) is 11.8. The minimum absolute atomic E-state index is 0.295. The summed E-state index contributed by atoms with van der Waals surface area (Å²) in [6, 6.07) is 0. The van der Waals surface area contributed by atoms with Gasteiger partial charge in [0, 0.05) is 22.7 Å². The predicted molar refractivity (Wildman–Crippen MR) is 129 cm³/mol. The normalized spacial score (nSPS) is 30.5. The largest absolute Gasteiger partial charge is 0.481 e. The summed E-state index contributed by atoms with van der Waals surface area (Å²) in [6.45, 7) is 0. The van der Waals surface area contributed by atoms with Crippen LogP contribution < -0.4 is 0 Å². The molecule has 3 aliphatic rings. The van der Waals surface area contributed by atoms with E-state index in [0.717, 1.165) is 41.1 Å². The van der Waals surface area contributed by atoms with Crippen LogP contribution in [0.5, 0.6) is 0 Å². The van der Waals surface area contributed by atoms with Crippen LogP contribution in [0.4, 0.5) is 0 Å². The minimum Gasteiger partial charge on any atom is -0.481 e. The fourth-order valence-electron chi connectivity index (χ4n) is 5.46. The zero-order valence-corrected chi connectivity index (χ0v) is 19.6. The first kappa shape index (κ1) is 23.3. The van der Waals surface area contributed by atoms with Crippen molar-refractivity contribution in [3.63, 3.8) is 0 Å². The summed E-state index contributed by atoms with van der Waals surface area (Å²) in [4.78, 5) is 10.6. The lowest BCUT2D eigenvalue weighted by molar-refractivity contribution is -0.137. The number of allylic oxidation sites excluding steroid dienone is 3. The third-order valence-corrected chi connectivity index (χ3v) is 9.87. The van der Waals surface area contributed by atoms with Gasteiger partial charge in [-0.05, 0) is 74.9 Å². The number of carboxylic acid groups (broad SMARTS) is 1. The monoisotopic (exact) mass is 436 g/mol. The van der Waals surface area contributed by atoms with Gasteiger partial charge in [0.1, 0.15) is 0 Å². The first-order valence-corrected chi connectivity index (χ1v) is 14.1. The fourth-order valence-corrected chi connectivity index (χ4v) is 8.36. The van der Waals surface area contributed by atoms with Crippen LogP contribution in [0, 0.1) is 17.8 Å². The quantitative estimate of drug-likeness (QED) is 0.197. The second kappa shape index (κ2) is 13.1. The van der Waals surface area contributed by atoms with Gasteiger partial charge in [0.05, 0.1) is 0 Å². The van der Waals surface area contributed by atoms with E-state index in [1.165, 1.54) is 75.7 Å². The number of unbranched alkanes of at least 4 members (excludes halogenated alkanes) is 1. The Hall–Kier alpha value is -0.350. The lowest BCUT2D eigenvalue weighted by Gasteiger charge is -2.29. The molecule has 4 heteroatoms. The van der Waals surface area contributed by atoms with Crippen LogP contribution in [-0.4, -0.2) is 33.1 Å². The van der Waals surface area contributed by atoms with Gasteiger partial charge in [0.15, 0.2) is 0 Å². The van der Waals surface area contributed by atoms with Gasteiger partial charge in [0.2, 0.25) is 0 Å². The molecule has 2 saturated heterocycles. The molecule has 29 heavy (non-hydrogen) atoms. The first-order chi connectivity index (χ1) is 14.2. The summed E-state index contributed by atoms with van der Waals surface area (Å²) in [5.41, 5.74) is 0. The first-order valence-electron chi connectivity index (χ1n) is 12.0. The van der Waals surface area contributed by atoms with Crippen LogP contribution in [0.1, 0.15) is 83.5 Å². The molecule has 2 aliphatic heterocycles. The van der Waals surface area contributed by atoms with Crippen LogP contribution >= 0.6 is 23.5 Å². The van der Waals surface area contributed by atoms with Crippen molar-refractivity contribution in [1.29, 1.82) is 0 Å². The van der Waals surface area contributed by atoms with Crippen molar-refractivity contribution >= 4 is 29.5 Å². The number of carbonyl (C=O) groups is 1. The molecule has 0 aromatic rings. The molecule has 1 saturated carbocycles. The van der Waals surface area contributed by atoms with Crippen molar-refractivity contribution in [3.8, 4) is 0 Å². The Labute approximate surface area is 186 Å². The highest BCUT2D eigenvalue weighted by atomic mass is 32.2. The number of carboxylic acids is 1. The molecule has 0 aromatic carbocycles. The molecular weight excluding hydrogens is 396 g/mol. The summed E-state index contributed by atoms with van der Waals surface area (Å²) in [6.07, 6.45) is 25.5. The number of hydrogen-bond acceptors (Lipinski definition) is 3. The Kier molecular flexibility index (Phi) is 10.6. The molecule has 2 heterocycles. The molecule has 0 radical (unpaired) electrons. The standard InChI is InChI=1S/C25H40O2S2/c26-25(27)14-8-4-3-7-13-21-22(24-16-15-23(21)29-24)17-19-28-18-9-12-20-10-5-1-2-6-11-20/h3,7,9,12,20-24H,1-2,4-6,8,10-11,13-19H2,(H,26,27)/t21-,22+,23-,24+/m1/s1. The summed E-state index contributed by atoms with van der Waals surface area (Å²) < 4.78 is 0.